The van der Waals surface area contributed by atoms with Crippen LogP contribution in [-0.4, -0.2) is 70.6 Å². The number of rotatable bonds is 10. The number of nitrogens with two attached hydrogens (primary N) is 1. The molecule has 0 bridgehead atoms. The molecule has 11 nitrogen and oxygen atoms in total. The summed E-state index contributed by atoms with van der Waals surface area (Å²) in [5.41, 5.74) is 5.23. The summed E-state index contributed by atoms with van der Waals surface area (Å²) >= 11 is 0. The minimum absolute atomic E-state index is 0.0920. The fourth-order valence-electron chi connectivity index (χ4n) is 3.92. The van der Waals surface area contributed by atoms with Gasteiger partial charge in [0.05, 0.1) is 0 Å². The molecule has 1 aliphatic rings. The molecule has 4 amide bonds. The van der Waals surface area contributed by atoms with Gasteiger partial charge >= 0.3 is 12.1 Å². The Balaban J connectivity index is 2.00. The highest BCUT2D eigenvalue weighted by molar-refractivity contribution is 5.87. The molecule has 36 heavy (non-hydrogen) atoms. The molecule has 1 fully saturated rings. The van der Waals surface area contributed by atoms with Crippen LogP contribution in [0.1, 0.15) is 52.0 Å². The first kappa shape index (κ1) is 28.6. The van der Waals surface area contributed by atoms with Gasteiger partial charge in [0.25, 0.3) is 0 Å². The van der Waals surface area contributed by atoms with Crippen LogP contribution in [0.4, 0.5) is 4.79 Å². The predicted molar refractivity (Wildman–Crippen MR) is 131 cm³/mol. The second kappa shape index (κ2) is 12.9. The molecule has 1 heterocycles. The van der Waals surface area contributed by atoms with E-state index >= 15 is 0 Å². The Bertz CT molecular complexity index is 937. The third kappa shape index (κ3) is 9.55. The molecule has 1 saturated heterocycles. The molecule has 5 N–H and O–H groups in total. The van der Waals surface area contributed by atoms with E-state index in [-0.39, 0.29) is 38.3 Å². The number of benzene rings is 1. The van der Waals surface area contributed by atoms with Crippen molar-refractivity contribution >= 4 is 29.8 Å². The Labute approximate surface area is 210 Å². The molecule has 1 aromatic rings. The van der Waals surface area contributed by atoms with E-state index in [0.29, 0.717) is 12.8 Å². The molecule has 2 atom stereocenters. The molecule has 2 rings (SSSR count). The Morgan fingerprint density at radius 2 is 1.67 bits per heavy atom. The molecule has 1 aliphatic heterocycles. The minimum atomic E-state index is -1.24. The van der Waals surface area contributed by atoms with E-state index in [0.717, 1.165) is 5.56 Å². The van der Waals surface area contributed by atoms with Crippen molar-refractivity contribution in [2.75, 3.05) is 13.1 Å². The maximum atomic E-state index is 13.3. The number of hydrogen-bond donors (Lipinski definition) is 4. The summed E-state index contributed by atoms with van der Waals surface area (Å²) in [5.74, 6) is -3.09. The van der Waals surface area contributed by atoms with Crippen LogP contribution in [-0.2, 0) is 30.3 Å². The van der Waals surface area contributed by atoms with Gasteiger partial charge < -0.3 is 31.1 Å². The Morgan fingerprint density at radius 3 is 2.19 bits per heavy atom. The third-order valence-corrected chi connectivity index (χ3v) is 5.74. The highest BCUT2D eigenvalue weighted by Crippen LogP contribution is 2.20. The van der Waals surface area contributed by atoms with Gasteiger partial charge in [-0.2, -0.15) is 0 Å². The quantitative estimate of drug-likeness (QED) is 0.371. The van der Waals surface area contributed by atoms with Crippen molar-refractivity contribution in [2.24, 2.45) is 11.7 Å². The van der Waals surface area contributed by atoms with Crippen molar-refractivity contribution < 1.29 is 33.8 Å². The molecule has 198 valence electrons. The second-order valence-corrected chi connectivity index (χ2v) is 9.89. The van der Waals surface area contributed by atoms with Crippen LogP contribution in [0.3, 0.4) is 0 Å². The van der Waals surface area contributed by atoms with E-state index in [1.165, 1.54) is 0 Å². The van der Waals surface area contributed by atoms with Crippen LogP contribution in [0.25, 0.3) is 0 Å². The lowest BCUT2D eigenvalue weighted by Crippen LogP contribution is -2.53. The van der Waals surface area contributed by atoms with Gasteiger partial charge in [-0.3, -0.25) is 14.4 Å². The van der Waals surface area contributed by atoms with Crippen molar-refractivity contribution in [1.82, 2.24) is 15.5 Å². The number of nitrogens with zero attached hydrogens (tertiary/aromatic N) is 1. The third-order valence-electron chi connectivity index (χ3n) is 5.74. The highest BCUT2D eigenvalue weighted by Gasteiger charge is 2.33. The van der Waals surface area contributed by atoms with Gasteiger partial charge in [-0.25, -0.2) is 9.59 Å². The number of carbonyl (C=O) groups excluding carboxylic acids is 4. The number of likely N-dealkylation sites (tertiary alicyclic amines) is 1. The van der Waals surface area contributed by atoms with E-state index < -0.39 is 47.5 Å². The number of aliphatic carboxylic acids is 1. The topological polar surface area (TPSA) is 168 Å². The number of alkyl carbamates (subject to hydrolysis) is 1. The van der Waals surface area contributed by atoms with Crippen molar-refractivity contribution in [3.63, 3.8) is 0 Å². The molecule has 0 spiro atoms. The van der Waals surface area contributed by atoms with Gasteiger partial charge in [-0.05, 0) is 45.6 Å². The number of amides is 4. The largest absolute Gasteiger partial charge is 0.480 e. The number of piperidine rings is 1. The molecular formula is C25H36N4O7. The summed E-state index contributed by atoms with van der Waals surface area (Å²) in [7, 11) is 0. The molecule has 0 aromatic heterocycles. The summed E-state index contributed by atoms with van der Waals surface area (Å²) in [5, 5.41) is 14.5. The van der Waals surface area contributed by atoms with Gasteiger partial charge in [-0.1, -0.05) is 30.3 Å². The van der Waals surface area contributed by atoms with Gasteiger partial charge in [0, 0.05) is 31.8 Å². The molecule has 0 unspecified atom stereocenters. The van der Waals surface area contributed by atoms with Gasteiger partial charge in [-0.15, -0.1) is 0 Å². The van der Waals surface area contributed by atoms with Crippen LogP contribution in [0.15, 0.2) is 30.3 Å². The normalized spacial score (nSPS) is 15.9. The highest BCUT2D eigenvalue weighted by atomic mass is 16.6. The molecule has 0 saturated carbocycles. The number of carboxylic acid groups (broad SMARTS) is 1. The van der Waals surface area contributed by atoms with Crippen molar-refractivity contribution in [1.29, 1.82) is 0 Å². The standard InChI is InChI=1S/C25H36N4O7/c1-25(2,3)36-24(35)28-19(15-16-7-5-4-6-8-16)22(32)29-13-11-17(12-14-29)21(31)27-18(23(33)34)9-10-20(26)30/h4-8,17-19H,9-15H2,1-3H3,(H2,26,30)(H,27,31)(H,28,35)(H,33,34)/t18-,19-/m0/s1. The zero-order valence-electron chi connectivity index (χ0n) is 21.0. The van der Waals surface area contributed by atoms with Crippen LogP contribution in [0, 0.1) is 5.92 Å². The second-order valence-electron chi connectivity index (χ2n) is 9.89. The number of carbonyl (C=O) groups is 5. The van der Waals surface area contributed by atoms with E-state index in [1.807, 2.05) is 30.3 Å². The van der Waals surface area contributed by atoms with Gasteiger partial charge in [0.15, 0.2) is 0 Å². The first-order valence-electron chi connectivity index (χ1n) is 12.0. The monoisotopic (exact) mass is 504 g/mol. The number of hydrogen-bond acceptors (Lipinski definition) is 6. The lowest BCUT2D eigenvalue weighted by molar-refractivity contribution is -0.143. The van der Waals surface area contributed by atoms with Gasteiger partial charge in [0.1, 0.15) is 17.7 Å². The van der Waals surface area contributed by atoms with E-state index in [9.17, 15) is 29.1 Å². The Hall–Kier alpha value is -3.63. The molecule has 0 aliphatic carbocycles. The Morgan fingerprint density at radius 1 is 1.06 bits per heavy atom. The predicted octanol–water partition coefficient (Wildman–Crippen LogP) is 1.20. The average molecular weight is 505 g/mol. The maximum Gasteiger partial charge on any atom is 0.408 e. The number of carboxylic acids is 1. The summed E-state index contributed by atoms with van der Waals surface area (Å²) in [4.78, 5) is 62.3. The molecular weight excluding hydrogens is 468 g/mol. The van der Waals surface area contributed by atoms with Crippen LogP contribution in [0.5, 0.6) is 0 Å². The minimum Gasteiger partial charge on any atom is -0.480 e. The first-order valence-corrected chi connectivity index (χ1v) is 12.0. The SMILES string of the molecule is CC(C)(C)OC(=O)N[C@@H](Cc1ccccc1)C(=O)N1CCC(C(=O)N[C@@H](CCC(N)=O)C(=O)O)CC1. The van der Waals surface area contributed by atoms with Crippen LogP contribution in [0.2, 0.25) is 0 Å². The van der Waals surface area contributed by atoms with Crippen LogP contribution < -0.4 is 16.4 Å². The Kier molecular flexibility index (Phi) is 10.2. The zero-order chi connectivity index (χ0) is 26.9. The number of ether oxygens (including phenoxy) is 1. The number of primary amides is 1. The van der Waals surface area contributed by atoms with E-state index in [1.54, 1.807) is 25.7 Å². The van der Waals surface area contributed by atoms with E-state index in [4.69, 9.17) is 10.5 Å². The maximum absolute atomic E-state index is 13.3. The summed E-state index contributed by atoms with van der Waals surface area (Å²) in [6, 6.07) is 7.23. The fraction of sp³-hybridized carbons (Fsp3) is 0.560. The van der Waals surface area contributed by atoms with Gasteiger partial charge in [0.2, 0.25) is 17.7 Å². The van der Waals surface area contributed by atoms with E-state index in [2.05, 4.69) is 10.6 Å². The zero-order valence-corrected chi connectivity index (χ0v) is 21.0. The molecule has 11 heteroatoms. The summed E-state index contributed by atoms with van der Waals surface area (Å²) < 4.78 is 5.33. The lowest BCUT2D eigenvalue weighted by atomic mass is 9.94. The van der Waals surface area contributed by atoms with Crippen molar-refractivity contribution in [3.05, 3.63) is 35.9 Å². The van der Waals surface area contributed by atoms with Crippen molar-refractivity contribution in [2.45, 2.75) is 70.6 Å². The molecule has 0 radical (unpaired) electrons. The summed E-state index contributed by atoms with van der Waals surface area (Å²) in [6.45, 7) is 5.76. The number of nitrogens with one attached hydrogen (secondary N) is 2. The first-order chi connectivity index (χ1) is 16.9. The average Bonchev–Trinajstić information content (AvgIpc) is 2.80. The molecule has 1 aromatic carbocycles. The fourth-order valence-corrected chi connectivity index (χ4v) is 3.92. The smallest absolute Gasteiger partial charge is 0.408 e. The lowest BCUT2D eigenvalue weighted by Gasteiger charge is -2.34. The summed E-state index contributed by atoms with van der Waals surface area (Å²) in [6.07, 6.45) is 0.0123. The van der Waals surface area contributed by atoms with Crippen LogP contribution >= 0.6 is 0 Å². The van der Waals surface area contributed by atoms with Crippen molar-refractivity contribution in [3.8, 4) is 0 Å².